The molecular weight excluding hydrogens is 368 g/mol. The van der Waals surface area contributed by atoms with Crippen LogP contribution in [0.15, 0.2) is 17.3 Å². The highest BCUT2D eigenvalue weighted by molar-refractivity contribution is 5.84. The molecule has 0 aromatic carbocycles. The van der Waals surface area contributed by atoms with Gasteiger partial charge in [-0.2, -0.15) is 0 Å². The molecular formula is C27H52N2O. The van der Waals surface area contributed by atoms with Crippen LogP contribution in [-0.2, 0) is 4.79 Å². The monoisotopic (exact) mass is 420 g/mol. The molecule has 0 bridgehead atoms. The Labute approximate surface area is 188 Å². The Kier molecular flexibility index (Phi) is 20.3. The Morgan fingerprint density at radius 1 is 0.767 bits per heavy atom. The van der Waals surface area contributed by atoms with Crippen LogP contribution in [0.3, 0.4) is 0 Å². The molecule has 0 spiro atoms. The van der Waals surface area contributed by atoms with Crippen LogP contribution in [0.4, 0.5) is 0 Å². The third-order valence-electron chi connectivity index (χ3n) is 5.99. The first-order valence-corrected chi connectivity index (χ1v) is 13.1. The summed E-state index contributed by atoms with van der Waals surface area (Å²) in [5.41, 5.74) is 1.14. The Bertz CT molecular complexity index is 430. The summed E-state index contributed by atoms with van der Waals surface area (Å²) in [5, 5.41) is 0. The lowest BCUT2D eigenvalue weighted by molar-refractivity contribution is -0.117. The van der Waals surface area contributed by atoms with Crippen LogP contribution in [0, 0.1) is 0 Å². The quantitative estimate of drug-likeness (QED) is 0.105. The summed E-state index contributed by atoms with van der Waals surface area (Å²) in [6.07, 6.45) is 23.7. The van der Waals surface area contributed by atoms with Gasteiger partial charge in [-0.25, -0.2) is 4.99 Å². The van der Waals surface area contributed by atoms with E-state index in [0.29, 0.717) is 12.5 Å². The average molecular weight is 421 g/mol. The molecule has 0 N–H and O–H groups in total. The predicted molar refractivity (Wildman–Crippen MR) is 134 cm³/mol. The Hall–Kier alpha value is -1.12. The van der Waals surface area contributed by atoms with Gasteiger partial charge in [-0.05, 0) is 25.7 Å². The number of unbranched alkanes of at least 4 members (excludes halogenated alkanes) is 11. The average Bonchev–Trinajstić information content (AvgIpc) is 2.75. The third kappa shape index (κ3) is 15.7. The standard InChI is InChI=1S/C27H52N2O/c1-6-10-13-16-19-22-26(23-20-17-14-11-7-2)29(24-28-27(30)9-4)25(5)21-18-15-12-8-3/h24,26H,5-23H2,1-4H3. The highest BCUT2D eigenvalue weighted by Gasteiger charge is 2.18. The SMILES string of the molecule is C=C(CCCCCC)N(C=NC(=O)CC)C(CCCCCCC)CCCCCCC. The van der Waals surface area contributed by atoms with Gasteiger partial charge in [-0.15, -0.1) is 0 Å². The first-order valence-electron chi connectivity index (χ1n) is 13.1. The van der Waals surface area contributed by atoms with Crippen molar-refractivity contribution in [3.8, 4) is 0 Å². The summed E-state index contributed by atoms with van der Waals surface area (Å²) in [6, 6.07) is 0.431. The maximum absolute atomic E-state index is 11.9. The highest BCUT2D eigenvalue weighted by Crippen LogP contribution is 2.23. The van der Waals surface area contributed by atoms with E-state index in [1.165, 1.54) is 103 Å². The maximum atomic E-state index is 11.9. The van der Waals surface area contributed by atoms with Gasteiger partial charge in [0.15, 0.2) is 0 Å². The number of rotatable bonds is 21. The number of allylic oxidation sites excluding steroid dienone is 1. The minimum Gasteiger partial charge on any atom is -0.334 e. The molecule has 0 aliphatic carbocycles. The van der Waals surface area contributed by atoms with E-state index in [4.69, 9.17) is 0 Å². The van der Waals surface area contributed by atoms with Gasteiger partial charge < -0.3 is 4.90 Å². The number of carbonyl (C=O) groups is 1. The van der Waals surface area contributed by atoms with Gasteiger partial charge >= 0.3 is 0 Å². The molecule has 0 aromatic heterocycles. The summed E-state index contributed by atoms with van der Waals surface area (Å²) >= 11 is 0. The van der Waals surface area contributed by atoms with Crippen molar-refractivity contribution in [1.82, 2.24) is 4.90 Å². The van der Waals surface area contributed by atoms with E-state index in [2.05, 4.69) is 37.2 Å². The molecule has 30 heavy (non-hydrogen) atoms. The summed E-state index contributed by atoms with van der Waals surface area (Å²) in [5.74, 6) is -0.0385. The number of hydrogen-bond donors (Lipinski definition) is 0. The van der Waals surface area contributed by atoms with Gasteiger partial charge in [0.05, 0.1) is 6.34 Å². The molecule has 3 nitrogen and oxygen atoms in total. The second-order valence-electron chi connectivity index (χ2n) is 8.84. The van der Waals surface area contributed by atoms with E-state index in [1.807, 2.05) is 13.3 Å². The van der Waals surface area contributed by atoms with Gasteiger partial charge in [-0.3, -0.25) is 4.79 Å². The Morgan fingerprint density at radius 2 is 1.23 bits per heavy atom. The molecule has 3 heteroatoms. The zero-order chi connectivity index (χ0) is 22.5. The lowest BCUT2D eigenvalue weighted by atomic mass is 9.98. The number of amides is 1. The van der Waals surface area contributed by atoms with Crippen molar-refractivity contribution in [2.75, 3.05) is 0 Å². The molecule has 0 aliphatic heterocycles. The van der Waals surface area contributed by atoms with E-state index >= 15 is 0 Å². The van der Waals surface area contributed by atoms with E-state index < -0.39 is 0 Å². The van der Waals surface area contributed by atoms with Crippen LogP contribution in [0.5, 0.6) is 0 Å². The summed E-state index contributed by atoms with van der Waals surface area (Å²) < 4.78 is 0. The van der Waals surface area contributed by atoms with Crippen LogP contribution >= 0.6 is 0 Å². The zero-order valence-corrected chi connectivity index (χ0v) is 20.9. The van der Waals surface area contributed by atoms with Crippen LogP contribution < -0.4 is 0 Å². The first-order chi connectivity index (χ1) is 14.6. The lowest BCUT2D eigenvalue weighted by Gasteiger charge is -2.32. The molecule has 0 rings (SSSR count). The molecule has 0 aliphatic rings. The van der Waals surface area contributed by atoms with E-state index in [0.717, 1.165) is 12.1 Å². The highest BCUT2D eigenvalue weighted by atomic mass is 16.1. The summed E-state index contributed by atoms with van der Waals surface area (Å²) in [6.45, 7) is 13.1. The lowest BCUT2D eigenvalue weighted by Crippen LogP contribution is -2.34. The topological polar surface area (TPSA) is 32.7 Å². The second kappa shape index (κ2) is 21.1. The van der Waals surface area contributed by atoms with Crippen molar-refractivity contribution in [2.24, 2.45) is 4.99 Å². The number of aliphatic imine (C=N–C) groups is 1. The van der Waals surface area contributed by atoms with Gasteiger partial charge in [-0.1, -0.05) is 118 Å². The summed E-state index contributed by atoms with van der Waals surface area (Å²) in [7, 11) is 0. The van der Waals surface area contributed by atoms with Gasteiger partial charge in [0, 0.05) is 18.2 Å². The zero-order valence-electron chi connectivity index (χ0n) is 20.9. The van der Waals surface area contributed by atoms with E-state index in [1.54, 1.807) is 0 Å². The third-order valence-corrected chi connectivity index (χ3v) is 5.99. The minimum atomic E-state index is -0.0385. The number of nitrogens with zero attached hydrogens (tertiary/aromatic N) is 2. The fourth-order valence-corrected chi connectivity index (χ4v) is 3.93. The van der Waals surface area contributed by atoms with Gasteiger partial charge in [0.25, 0.3) is 0 Å². The molecule has 0 heterocycles. The van der Waals surface area contributed by atoms with Crippen LogP contribution in [-0.4, -0.2) is 23.2 Å². The fourth-order valence-electron chi connectivity index (χ4n) is 3.93. The normalized spacial score (nSPS) is 11.5. The molecule has 0 atom stereocenters. The Morgan fingerprint density at radius 3 is 1.70 bits per heavy atom. The smallest absolute Gasteiger partial charge is 0.246 e. The first kappa shape index (κ1) is 28.9. The van der Waals surface area contributed by atoms with Crippen molar-refractivity contribution in [1.29, 1.82) is 0 Å². The molecule has 176 valence electrons. The van der Waals surface area contributed by atoms with Crippen molar-refractivity contribution in [2.45, 2.75) is 149 Å². The molecule has 0 radical (unpaired) electrons. The van der Waals surface area contributed by atoms with E-state index in [-0.39, 0.29) is 5.91 Å². The summed E-state index contributed by atoms with van der Waals surface area (Å²) in [4.78, 5) is 18.4. The number of hydrogen-bond acceptors (Lipinski definition) is 1. The molecule has 0 saturated carbocycles. The maximum Gasteiger partial charge on any atom is 0.246 e. The van der Waals surface area contributed by atoms with Crippen molar-refractivity contribution in [3.63, 3.8) is 0 Å². The Balaban J connectivity index is 5.05. The van der Waals surface area contributed by atoms with Crippen molar-refractivity contribution in [3.05, 3.63) is 12.3 Å². The van der Waals surface area contributed by atoms with Gasteiger partial charge in [0.2, 0.25) is 5.91 Å². The molecule has 0 aromatic rings. The van der Waals surface area contributed by atoms with Crippen molar-refractivity contribution < 1.29 is 4.79 Å². The van der Waals surface area contributed by atoms with Crippen molar-refractivity contribution >= 4 is 12.2 Å². The van der Waals surface area contributed by atoms with Crippen LogP contribution in [0.2, 0.25) is 0 Å². The predicted octanol–water partition coefficient (Wildman–Crippen LogP) is 8.83. The number of carbonyl (C=O) groups excluding carboxylic acids is 1. The van der Waals surface area contributed by atoms with Gasteiger partial charge in [0.1, 0.15) is 0 Å². The van der Waals surface area contributed by atoms with Crippen LogP contribution in [0.25, 0.3) is 0 Å². The molecule has 0 saturated heterocycles. The minimum absolute atomic E-state index is 0.0385. The molecule has 0 fully saturated rings. The largest absolute Gasteiger partial charge is 0.334 e. The molecule has 0 unspecified atom stereocenters. The second-order valence-corrected chi connectivity index (χ2v) is 8.84. The van der Waals surface area contributed by atoms with Crippen LogP contribution in [0.1, 0.15) is 143 Å². The fraction of sp³-hybridized carbons (Fsp3) is 0.852. The van der Waals surface area contributed by atoms with E-state index in [9.17, 15) is 4.79 Å². The molecule has 1 amide bonds.